The lowest BCUT2D eigenvalue weighted by molar-refractivity contribution is -0.136. The molecule has 5 rings (SSSR count). The number of aryl methyl sites for hydroxylation is 2. The van der Waals surface area contributed by atoms with E-state index in [9.17, 15) is 4.79 Å². The van der Waals surface area contributed by atoms with E-state index in [-0.39, 0.29) is 5.92 Å². The number of benzene rings is 1. The minimum Gasteiger partial charge on any atom is -0.367 e. The quantitative estimate of drug-likeness (QED) is 0.755. The fraction of sp³-hybridized carbons (Fsp3) is 0.522. The third-order valence-corrected chi connectivity index (χ3v) is 7.08. The molecular weight excluding hydrogens is 398 g/mol. The van der Waals surface area contributed by atoms with Crippen LogP contribution in [0.25, 0.3) is 0 Å². The molecule has 3 heterocycles. The van der Waals surface area contributed by atoms with Gasteiger partial charge in [0.15, 0.2) is 5.82 Å². The summed E-state index contributed by atoms with van der Waals surface area (Å²) in [6.45, 7) is 4.95. The summed E-state index contributed by atoms with van der Waals surface area (Å²) in [5, 5.41) is 9.64. The Morgan fingerprint density at radius 1 is 0.933 bits per heavy atom. The third kappa shape index (κ3) is 3.85. The van der Waals surface area contributed by atoms with Crippen molar-refractivity contribution in [1.82, 2.24) is 15.1 Å². The molecule has 0 atom stereocenters. The summed E-state index contributed by atoms with van der Waals surface area (Å²) in [5.74, 6) is 1.42. The second-order valence-corrected chi connectivity index (χ2v) is 8.96. The molecule has 2 fully saturated rings. The number of rotatable bonds is 3. The summed E-state index contributed by atoms with van der Waals surface area (Å²) in [6, 6.07) is 10.2. The number of piperazine rings is 1. The molecule has 0 N–H and O–H groups in total. The molecule has 1 amide bonds. The minimum atomic E-state index is 0.121. The normalized spacial score (nSPS) is 19.8. The first-order valence-corrected chi connectivity index (χ1v) is 11.5. The Bertz CT molecular complexity index is 920. The van der Waals surface area contributed by atoms with Gasteiger partial charge in [-0.15, -0.1) is 5.10 Å². The van der Waals surface area contributed by atoms with Gasteiger partial charge < -0.3 is 14.7 Å². The molecule has 158 valence electrons. The number of carbonyl (C=O) groups excluding carboxylic acids is 1. The molecule has 6 nitrogen and oxygen atoms in total. The third-order valence-electron chi connectivity index (χ3n) is 6.76. The van der Waals surface area contributed by atoms with E-state index in [0.29, 0.717) is 5.91 Å². The topological polar surface area (TPSA) is 52.6 Å². The Balaban J connectivity index is 1.14. The van der Waals surface area contributed by atoms with Crippen LogP contribution in [0.15, 0.2) is 30.3 Å². The number of amides is 1. The van der Waals surface area contributed by atoms with E-state index in [4.69, 9.17) is 11.6 Å². The van der Waals surface area contributed by atoms with E-state index in [1.807, 2.05) is 23.1 Å². The van der Waals surface area contributed by atoms with Gasteiger partial charge in [0.05, 0.1) is 16.4 Å². The highest BCUT2D eigenvalue weighted by atomic mass is 35.5. The highest BCUT2D eigenvalue weighted by Crippen LogP contribution is 2.29. The second-order valence-electron chi connectivity index (χ2n) is 8.55. The number of anilines is 2. The van der Waals surface area contributed by atoms with Crippen molar-refractivity contribution in [2.45, 2.75) is 32.1 Å². The molecule has 2 aliphatic heterocycles. The van der Waals surface area contributed by atoms with Crippen LogP contribution >= 0.6 is 11.6 Å². The number of aromatic nitrogens is 2. The number of para-hydroxylation sites is 1. The largest absolute Gasteiger partial charge is 0.367 e. The average Bonchev–Trinajstić information content (AvgIpc) is 3.27. The number of carbonyl (C=O) groups is 1. The van der Waals surface area contributed by atoms with Crippen LogP contribution in [0.3, 0.4) is 0 Å². The maximum absolute atomic E-state index is 13.1. The van der Waals surface area contributed by atoms with E-state index in [1.54, 1.807) is 0 Å². The highest BCUT2D eigenvalue weighted by Gasteiger charge is 2.31. The SMILES string of the molecule is O=C(C1CCN(c2cc3c(nn2)CCC3)CC1)N1CCN(c2ccccc2Cl)CC1. The van der Waals surface area contributed by atoms with Gasteiger partial charge >= 0.3 is 0 Å². The Kier molecular flexibility index (Phi) is 5.50. The smallest absolute Gasteiger partial charge is 0.225 e. The second kappa shape index (κ2) is 8.42. The van der Waals surface area contributed by atoms with Crippen molar-refractivity contribution in [3.8, 4) is 0 Å². The van der Waals surface area contributed by atoms with Gasteiger partial charge in [0.2, 0.25) is 5.91 Å². The van der Waals surface area contributed by atoms with Crippen LogP contribution < -0.4 is 9.80 Å². The van der Waals surface area contributed by atoms with E-state index in [0.717, 1.165) is 81.5 Å². The maximum atomic E-state index is 13.1. The zero-order valence-corrected chi connectivity index (χ0v) is 18.0. The van der Waals surface area contributed by atoms with Gasteiger partial charge in [-0.25, -0.2) is 0 Å². The van der Waals surface area contributed by atoms with E-state index < -0.39 is 0 Å². The number of hydrogen-bond acceptors (Lipinski definition) is 5. The molecular formula is C23H28ClN5O. The lowest BCUT2D eigenvalue weighted by Crippen LogP contribution is -2.51. The highest BCUT2D eigenvalue weighted by molar-refractivity contribution is 6.33. The van der Waals surface area contributed by atoms with Gasteiger partial charge in [-0.1, -0.05) is 23.7 Å². The summed E-state index contributed by atoms with van der Waals surface area (Å²) in [5.41, 5.74) is 3.59. The summed E-state index contributed by atoms with van der Waals surface area (Å²) in [6.07, 6.45) is 5.15. The zero-order valence-electron chi connectivity index (χ0n) is 17.3. The standard InChI is InChI=1S/C23H28ClN5O/c24-19-5-1-2-7-21(19)27-12-14-29(15-13-27)23(30)17-8-10-28(11-9-17)22-16-18-4-3-6-20(18)25-26-22/h1-2,5,7,16-17H,3-4,6,8-15H2. The summed E-state index contributed by atoms with van der Waals surface area (Å²) >= 11 is 6.34. The first-order chi connectivity index (χ1) is 14.7. The van der Waals surface area contributed by atoms with Gasteiger partial charge in [-0.05, 0) is 55.9 Å². The lowest BCUT2D eigenvalue weighted by atomic mass is 9.95. The number of fused-ring (bicyclic) bond motifs is 1. The zero-order chi connectivity index (χ0) is 20.5. The Morgan fingerprint density at radius 3 is 2.47 bits per heavy atom. The predicted octanol–water partition coefficient (Wildman–Crippen LogP) is 3.18. The molecule has 2 saturated heterocycles. The first kappa shape index (κ1) is 19.6. The molecule has 1 aliphatic carbocycles. The van der Waals surface area contributed by atoms with Crippen LogP contribution in [0.5, 0.6) is 0 Å². The molecule has 0 saturated carbocycles. The van der Waals surface area contributed by atoms with Crippen LogP contribution in [0.1, 0.15) is 30.5 Å². The van der Waals surface area contributed by atoms with Crippen molar-refractivity contribution in [2.75, 3.05) is 49.1 Å². The molecule has 30 heavy (non-hydrogen) atoms. The van der Waals surface area contributed by atoms with Gasteiger partial charge in [-0.2, -0.15) is 5.10 Å². The fourth-order valence-corrected chi connectivity index (χ4v) is 5.22. The van der Waals surface area contributed by atoms with Crippen LogP contribution in [0.4, 0.5) is 11.5 Å². The van der Waals surface area contributed by atoms with Crippen molar-refractivity contribution in [3.63, 3.8) is 0 Å². The van der Waals surface area contributed by atoms with Crippen LogP contribution in [-0.2, 0) is 17.6 Å². The van der Waals surface area contributed by atoms with Gasteiger partial charge in [0.1, 0.15) is 0 Å². The number of nitrogens with zero attached hydrogens (tertiary/aromatic N) is 5. The number of hydrogen-bond donors (Lipinski definition) is 0. The van der Waals surface area contributed by atoms with Gasteiger partial charge in [0.25, 0.3) is 0 Å². The van der Waals surface area contributed by atoms with Crippen LogP contribution in [-0.4, -0.2) is 60.3 Å². The van der Waals surface area contributed by atoms with Crippen LogP contribution in [0.2, 0.25) is 5.02 Å². The Hall–Kier alpha value is -2.34. The average molecular weight is 426 g/mol. The summed E-state index contributed by atoms with van der Waals surface area (Å²) < 4.78 is 0. The molecule has 0 spiro atoms. The molecule has 0 radical (unpaired) electrons. The lowest BCUT2D eigenvalue weighted by Gasteiger charge is -2.39. The van der Waals surface area contributed by atoms with E-state index >= 15 is 0 Å². The maximum Gasteiger partial charge on any atom is 0.225 e. The number of halogens is 1. The molecule has 0 unspecified atom stereocenters. The van der Waals surface area contributed by atoms with Crippen molar-refractivity contribution in [2.24, 2.45) is 5.92 Å². The van der Waals surface area contributed by atoms with Gasteiger partial charge in [-0.3, -0.25) is 4.79 Å². The van der Waals surface area contributed by atoms with Gasteiger partial charge in [0, 0.05) is 45.2 Å². The molecule has 1 aromatic carbocycles. The van der Waals surface area contributed by atoms with Crippen molar-refractivity contribution in [3.05, 3.63) is 46.6 Å². The fourth-order valence-electron chi connectivity index (χ4n) is 4.96. The first-order valence-electron chi connectivity index (χ1n) is 11.1. The minimum absolute atomic E-state index is 0.121. The molecule has 1 aromatic heterocycles. The molecule has 3 aliphatic rings. The van der Waals surface area contributed by atoms with E-state index in [2.05, 4.69) is 32.1 Å². The Labute approximate surface area is 182 Å². The van der Waals surface area contributed by atoms with Crippen LogP contribution in [0, 0.1) is 5.92 Å². The van der Waals surface area contributed by atoms with Crippen molar-refractivity contribution < 1.29 is 4.79 Å². The summed E-state index contributed by atoms with van der Waals surface area (Å²) in [4.78, 5) is 19.7. The van der Waals surface area contributed by atoms with Crippen molar-refractivity contribution >= 4 is 29.0 Å². The molecule has 0 bridgehead atoms. The molecule has 7 heteroatoms. The monoisotopic (exact) mass is 425 g/mol. The van der Waals surface area contributed by atoms with Crippen molar-refractivity contribution in [1.29, 1.82) is 0 Å². The van der Waals surface area contributed by atoms with E-state index in [1.165, 1.54) is 17.7 Å². The Morgan fingerprint density at radius 2 is 1.70 bits per heavy atom. The number of piperidine rings is 1. The summed E-state index contributed by atoms with van der Waals surface area (Å²) in [7, 11) is 0. The predicted molar refractivity (Wildman–Crippen MR) is 119 cm³/mol. The molecule has 2 aromatic rings.